The van der Waals surface area contributed by atoms with Crippen LogP contribution in [0.1, 0.15) is 18.9 Å². The van der Waals surface area contributed by atoms with E-state index in [1.165, 1.54) is 6.92 Å². The minimum Gasteiger partial charge on any atom is -0.457 e. The molecule has 2 rings (SSSR count). The zero-order valence-corrected chi connectivity index (χ0v) is 14.6. The lowest BCUT2D eigenvalue weighted by molar-refractivity contribution is -0.197. The molecule has 23 heavy (non-hydrogen) atoms. The average molecular weight is 432 g/mol. The number of likely N-dealkylation sites (tertiary alicyclic amines) is 1. The number of aliphatic hydroxyl groups is 1. The molecule has 1 heterocycles. The van der Waals surface area contributed by atoms with Crippen LogP contribution in [0.2, 0.25) is 0 Å². The van der Waals surface area contributed by atoms with Gasteiger partial charge in [-0.3, -0.25) is 14.5 Å². The standard InChI is InChI=1S/C15H17IN2O5/c1-10(19)17-15(9-16)7-12(20)18(15)13(21)14(22)23-8-11-5-3-2-4-6-11/h2-6,13,21H,7-9H2,1H3,(H,17,19). The monoisotopic (exact) mass is 432 g/mol. The Hall–Kier alpha value is -1.68. The van der Waals surface area contributed by atoms with Crippen LogP contribution in [0.5, 0.6) is 0 Å². The van der Waals surface area contributed by atoms with Crippen LogP contribution in [0.25, 0.3) is 0 Å². The number of aliphatic hydroxyl groups excluding tert-OH is 1. The molecule has 1 fully saturated rings. The Morgan fingerprint density at radius 3 is 2.61 bits per heavy atom. The lowest BCUT2D eigenvalue weighted by Gasteiger charge is -2.52. The largest absolute Gasteiger partial charge is 0.457 e. The molecule has 2 atom stereocenters. The molecule has 1 saturated heterocycles. The molecule has 0 radical (unpaired) electrons. The van der Waals surface area contributed by atoms with Crippen LogP contribution >= 0.6 is 22.6 Å². The lowest BCUT2D eigenvalue weighted by atomic mass is 9.94. The van der Waals surface area contributed by atoms with Gasteiger partial charge in [-0.25, -0.2) is 4.79 Å². The number of nitrogens with one attached hydrogen (secondary N) is 1. The van der Waals surface area contributed by atoms with Crippen molar-refractivity contribution in [3.63, 3.8) is 0 Å². The van der Waals surface area contributed by atoms with Gasteiger partial charge in [-0.15, -0.1) is 0 Å². The third-order valence-electron chi connectivity index (χ3n) is 3.48. The van der Waals surface area contributed by atoms with Gasteiger partial charge in [0.2, 0.25) is 18.0 Å². The van der Waals surface area contributed by atoms with Gasteiger partial charge in [-0.05, 0) is 5.56 Å². The second kappa shape index (κ2) is 7.26. The summed E-state index contributed by atoms with van der Waals surface area (Å²) in [5.74, 6) is -1.69. The van der Waals surface area contributed by atoms with E-state index in [-0.39, 0.29) is 18.9 Å². The molecular formula is C15H17IN2O5. The summed E-state index contributed by atoms with van der Waals surface area (Å²) in [4.78, 5) is 36.1. The van der Waals surface area contributed by atoms with E-state index in [4.69, 9.17) is 4.74 Å². The van der Waals surface area contributed by atoms with Crippen LogP contribution in [-0.4, -0.2) is 44.1 Å². The van der Waals surface area contributed by atoms with E-state index < -0.39 is 23.8 Å². The average Bonchev–Trinajstić information content (AvgIpc) is 2.51. The Bertz CT molecular complexity index is 609. The number of amides is 2. The predicted octanol–water partition coefficient (Wildman–Crippen LogP) is 0.548. The van der Waals surface area contributed by atoms with E-state index in [9.17, 15) is 19.5 Å². The van der Waals surface area contributed by atoms with Crippen LogP contribution in [0.4, 0.5) is 0 Å². The first-order valence-electron chi connectivity index (χ1n) is 6.95. The number of hydrogen-bond donors (Lipinski definition) is 2. The van der Waals surface area contributed by atoms with Crippen molar-refractivity contribution in [1.29, 1.82) is 0 Å². The Kier molecular flexibility index (Phi) is 5.58. The fourth-order valence-electron chi connectivity index (χ4n) is 2.42. The van der Waals surface area contributed by atoms with Gasteiger partial charge in [0, 0.05) is 11.4 Å². The maximum Gasteiger partial charge on any atom is 0.356 e. The Morgan fingerprint density at radius 1 is 1.43 bits per heavy atom. The maximum atomic E-state index is 12.0. The van der Waals surface area contributed by atoms with Crippen LogP contribution in [-0.2, 0) is 25.7 Å². The van der Waals surface area contributed by atoms with Gasteiger partial charge < -0.3 is 15.2 Å². The number of nitrogens with zero attached hydrogens (tertiary/aromatic N) is 1. The number of esters is 1. The molecule has 1 aromatic carbocycles. The quantitative estimate of drug-likeness (QED) is 0.296. The second-order valence-corrected chi connectivity index (χ2v) is 6.02. The minimum absolute atomic E-state index is 0.00383. The van der Waals surface area contributed by atoms with Gasteiger partial charge in [-0.2, -0.15) is 0 Å². The molecule has 0 bridgehead atoms. The van der Waals surface area contributed by atoms with Gasteiger partial charge >= 0.3 is 5.97 Å². The zero-order valence-electron chi connectivity index (χ0n) is 12.5. The highest BCUT2D eigenvalue weighted by Crippen LogP contribution is 2.33. The molecule has 2 unspecified atom stereocenters. The number of carbonyl (C=O) groups is 3. The fraction of sp³-hybridized carbons (Fsp3) is 0.400. The van der Waals surface area contributed by atoms with Crippen LogP contribution in [0, 0.1) is 0 Å². The van der Waals surface area contributed by atoms with Crippen LogP contribution in [0.15, 0.2) is 30.3 Å². The first-order chi connectivity index (χ1) is 10.9. The summed E-state index contributed by atoms with van der Waals surface area (Å²) in [6.07, 6.45) is -1.71. The third-order valence-corrected chi connectivity index (χ3v) is 4.74. The molecular weight excluding hydrogens is 415 g/mol. The molecule has 2 amide bonds. The van der Waals surface area contributed by atoms with Crippen molar-refractivity contribution >= 4 is 40.4 Å². The minimum atomic E-state index is -1.75. The second-order valence-electron chi connectivity index (χ2n) is 5.25. The van der Waals surface area contributed by atoms with Crippen LogP contribution in [0.3, 0.4) is 0 Å². The van der Waals surface area contributed by atoms with Crippen LogP contribution < -0.4 is 5.32 Å². The third kappa shape index (κ3) is 3.81. The maximum absolute atomic E-state index is 12.0. The number of rotatable bonds is 6. The van der Waals surface area contributed by atoms with Gasteiger partial charge in [0.25, 0.3) is 0 Å². The predicted molar refractivity (Wildman–Crippen MR) is 89.1 cm³/mol. The SMILES string of the molecule is CC(=O)NC1(CI)CC(=O)N1C(O)C(=O)OCc1ccccc1. The van der Waals surface area contributed by atoms with E-state index in [2.05, 4.69) is 5.32 Å². The molecule has 1 aliphatic heterocycles. The lowest BCUT2D eigenvalue weighted by Crippen LogP contribution is -2.76. The smallest absolute Gasteiger partial charge is 0.356 e. The summed E-state index contributed by atoms with van der Waals surface area (Å²) in [5, 5.41) is 12.8. The Morgan fingerprint density at radius 2 is 2.09 bits per heavy atom. The summed E-state index contributed by atoms with van der Waals surface area (Å²) in [5.41, 5.74) is -0.278. The number of hydrogen-bond acceptors (Lipinski definition) is 5. The number of benzene rings is 1. The highest BCUT2D eigenvalue weighted by Gasteiger charge is 2.55. The fourth-order valence-corrected chi connectivity index (χ4v) is 3.25. The van der Waals surface area contributed by atoms with Crippen molar-refractivity contribution in [2.24, 2.45) is 0 Å². The molecule has 2 N–H and O–H groups in total. The number of ether oxygens (including phenoxy) is 1. The summed E-state index contributed by atoms with van der Waals surface area (Å²) in [7, 11) is 0. The number of carbonyl (C=O) groups excluding carboxylic acids is 3. The molecule has 1 aliphatic rings. The summed E-state index contributed by atoms with van der Waals surface area (Å²) < 4.78 is 5.39. The first-order valence-corrected chi connectivity index (χ1v) is 8.48. The van der Waals surface area contributed by atoms with Crippen molar-refractivity contribution in [3.05, 3.63) is 35.9 Å². The summed E-state index contributed by atoms with van der Waals surface area (Å²) in [6, 6.07) is 9.00. The molecule has 7 nitrogen and oxygen atoms in total. The van der Waals surface area contributed by atoms with E-state index in [1.54, 1.807) is 24.3 Å². The molecule has 8 heteroatoms. The van der Waals surface area contributed by atoms with Crippen molar-refractivity contribution in [1.82, 2.24) is 10.2 Å². The van der Waals surface area contributed by atoms with Crippen molar-refractivity contribution in [3.8, 4) is 0 Å². The van der Waals surface area contributed by atoms with E-state index in [1.807, 2.05) is 28.7 Å². The van der Waals surface area contributed by atoms with Gasteiger partial charge in [0.15, 0.2) is 0 Å². The summed E-state index contributed by atoms with van der Waals surface area (Å²) in [6.45, 7) is 1.31. The first kappa shape index (κ1) is 17.7. The molecule has 0 aromatic heterocycles. The molecule has 124 valence electrons. The van der Waals surface area contributed by atoms with E-state index >= 15 is 0 Å². The molecule has 1 aromatic rings. The van der Waals surface area contributed by atoms with Crippen molar-refractivity contribution in [2.75, 3.05) is 4.43 Å². The van der Waals surface area contributed by atoms with Gasteiger partial charge in [0.1, 0.15) is 12.3 Å². The Balaban J connectivity index is 2.02. The highest BCUT2D eigenvalue weighted by molar-refractivity contribution is 14.1. The number of halogens is 1. The topological polar surface area (TPSA) is 95.9 Å². The molecule has 0 saturated carbocycles. The zero-order chi connectivity index (χ0) is 17.0. The van der Waals surface area contributed by atoms with Gasteiger partial charge in [-0.1, -0.05) is 52.9 Å². The van der Waals surface area contributed by atoms with Crippen molar-refractivity contribution < 1.29 is 24.2 Å². The molecule has 0 spiro atoms. The van der Waals surface area contributed by atoms with Gasteiger partial charge in [0.05, 0.1) is 6.42 Å². The highest BCUT2D eigenvalue weighted by atomic mass is 127. The van der Waals surface area contributed by atoms with E-state index in [0.29, 0.717) is 4.43 Å². The number of alkyl halides is 1. The number of β-lactam (4-membered cyclic amide) rings is 1. The molecule has 0 aliphatic carbocycles. The summed E-state index contributed by atoms with van der Waals surface area (Å²) >= 11 is 1.99. The normalized spacial score (nSPS) is 21.3. The van der Waals surface area contributed by atoms with Crippen molar-refractivity contribution in [2.45, 2.75) is 31.8 Å². The van der Waals surface area contributed by atoms with E-state index in [0.717, 1.165) is 10.5 Å². The Labute approximate surface area is 147 Å².